The van der Waals surface area contributed by atoms with Gasteiger partial charge in [-0.2, -0.15) is 13.9 Å². The molecular formula is C22H28F2N4O3. The topological polar surface area (TPSA) is 87.5 Å². The van der Waals surface area contributed by atoms with Crippen LogP contribution in [0.25, 0.3) is 0 Å². The largest absolute Gasteiger partial charge is 0.391 e. The van der Waals surface area contributed by atoms with Gasteiger partial charge in [-0.3, -0.25) is 9.59 Å². The minimum absolute atomic E-state index is 0.0909. The zero-order valence-electron chi connectivity index (χ0n) is 17.7. The number of hydrogen-bond acceptors (Lipinski definition) is 4. The number of rotatable bonds is 6. The minimum atomic E-state index is -2.82. The number of nitrogens with zero attached hydrogens (tertiary/aromatic N) is 3. The van der Waals surface area contributed by atoms with E-state index in [-0.39, 0.29) is 17.0 Å². The second kappa shape index (κ2) is 9.55. The van der Waals surface area contributed by atoms with E-state index >= 15 is 0 Å². The van der Waals surface area contributed by atoms with Gasteiger partial charge in [-0.15, -0.1) is 0 Å². The van der Waals surface area contributed by atoms with Crippen molar-refractivity contribution in [2.45, 2.75) is 56.7 Å². The van der Waals surface area contributed by atoms with Gasteiger partial charge in [0.05, 0.1) is 12.1 Å². The summed E-state index contributed by atoms with van der Waals surface area (Å²) < 4.78 is 26.0. The fourth-order valence-corrected chi connectivity index (χ4v) is 4.35. The van der Waals surface area contributed by atoms with Crippen molar-refractivity contribution in [3.8, 4) is 0 Å². The summed E-state index contributed by atoms with van der Waals surface area (Å²) in [6.07, 6.45) is 2.48. The number of aliphatic hydroxyl groups is 1. The van der Waals surface area contributed by atoms with Crippen LogP contribution in [-0.4, -0.2) is 57.3 Å². The summed E-state index contributed by atoms with van der Waals surface area (Å²) in [6, 6.07) is 10.6. The second-order valence-corrected chi connectivity index (χ2v) is 8.14. The number of carbonyl (C=O) groups is 2. The highest BCUT2D eigenvalue weighted by Gasteiger charge is 2.40. The predicted octanol–water partition coefficient (Wildman–Crippen LogP) is 2.73. The number of carbonyl (C=O) groups excluding carboxylic acids is 2. The van der Waals surface area contributed by atoms with Crippen LogP contribution in [-0.2, 0) is 10.2 Å². The summed E-state index contributed by atoms with van der Waals surface area (Å²) >= 11 is 0. The Bertz CT molecular complexity index is 905. The third kappa shape index (κ3) is 5.10. The summed E-state index contributed by atoms with van der Waals surface area (Å²) in [5.41, 5.74) is 0.608. The standard InChI is InChI=1S/C22H28F2N4O3/c1-15(29)25-14-22(16-6-4-3-5-7-16)11-8-18(19(30)9-12-22)27(2)20(31)17-10-13-28(26-17)21(23)24/h3-7,10,13,18-19,21,30H,8-9,11-12,14H2,1-2H3,(H,25,29)/t18-,19-,22-/m1/s1. The Hall–Kier alpha value is -2.81. The molecule has 0 spiro atoms. The van der Waals surface area contributed by atoms with Crippen molar-refractivity contribution in [2.24, 2.45) is 0 Å². The van der Waals surface area contributed by atoms with E-state index in [9.17, 15) is 23.5 Å². The summed E-state index contributed by atoms with van der Waals surface area (Å²) in [4.78, 5) is 25.8. The van der Waals surface area contributed by atoms with Gasteiger partial charge in [0.1, 0.15) is 0 Å². The molecular weight excluding hydrogens is 406 g/mol. The normalized spacial score (nSPS) is 23.9. The molecule has 1 aromatic carbocycles. The van der Waals surface area contributed by atoms with Gasteiger partial charge in [-0.1, -0.05) is 30.3 Å². The summed E-state index contributed by atoms with van der Waals surface area (Å²) in [5.74, 6) is -0.643. The van der Waals surface area contributed by atoms with Crippen molar-refractivity contribution in [2.75, 3.05) is 13.6 Å². The zero-order chi connectivity index (χ0) is 22.6. The van der Waals surface area contributed by atoms with E-state index < -0.39 is 24.6 Å². The fraction of sp³-hybridized carbons (Fsp3) is 0.500. The van der Waals surface area contributed by atoms with Crippen molar-refractivity contribution >= 4 is 11.8 Å². The fourth-order valence-electron chi connectivity index (χ4n) is 4.35. The predicted molar refractivity (Wildman–Crippen MR) is 111 cm³/mol. The molecule has 168 valence electrons. The molecule has 0 saturated heterocycles. The summed E-state index contributed by atoms with van der Waals surface area (Å²) in [5, 5.41) is 17.4. The maximum absolute atomic E-state index is 12.8. The maximum atomic E-state index is 12.8. The molecule has 3 rings (SSSR count). The summed E-state index contributed by atoms with van der Waals surface area (Å²) in [6.45, 7) is -0.920. The average Bonchev–Trinajstić information content (AvgIpc) is 3.19. The number of likely N-dealkylation sites (N-methyl/N-ethyl adjacent to an activating group) is 1. The number of amides is 2. The van der Waals surface area contributed by atoms with Crippen molar-refractivity contribution in [3.63, 3.8) is 0 Å². The third-order valence-electron chi connectivity index (χ3n) is 6.19. The number of benzene rings is 1. The first-order chi connectivity index (χ1) is 14.7. The van der Waals surface area contributed by atoms with E-state index in [1.54, 1.807) is 7.05 Å². The highest BCUT2D eigenvalue weighted by Crippen LogP contribution is 2.39. The molecule has 0 bridgehead atoms. The molecule has 9 heteroatoms. The summed E-state index contributed by atoms with van der Waals surface area (Å²) in [7, 11) is 1.56. The molecule has 1 aromatic heterocycles. The average molecular weight is 434 g/mol. The first kappa shape index (κ1) is 22.9. The highest BCUT2D eigenvalue weighted by atomic mass is 19.3. The molecule has 31 heavy (non-hydrogen) atoms. The molecule has 2 aromatic rings. The molecule has 0 radical (unpaired) electrons. The lowest BCUT2D eigenvalue weighted by Gasteiger charge is -2.34. The number of halogens is 2. The Labute approximate surface area is 180 Å². The molecule has 2 amide bonds. The van der Waals surface area contributed by atoms with Crippen LogP contribution in [0.5, 0.6) is 0 Å². The highest BCUT2D eigenvalue weighted by molar-refractivity contribution is 5.92. The van der Waals surface area contributed by atoms with E-state index in [1.165, 1.54) is 17.9 Å². The van der Waals surface area contributed by atoms with Crippen LogP contribution in [0.1, 0.15) is 55.2 Å². The van der Waals surface area contributed by atoms with Gasteiger partial charge in [0.2, 0.25) is 5.91 Å². The molecule has 1 heterocycles. The van der Waals surface area contributed by atoms with E-state index in [0.717, 1.165) is 11.8 Å². The van der Waals surface area contributed by atoms with Crippen LogP contribution >= 0.6 is 0 Å². The van der Waals surface area contributed by atoms with Crippen molar-refractivity contribution < 1.29 is 23.5 Å². The molecule has 0 unspecified atom stereocenters. The Morgan fingerprint density at radius 3 is 2.55 bits per heavy atom. The van der Waals surface area contributed by atoms with Gasteiger partial charge in [-0.25, -0.2) is 4.68 Å². The molecule has 3 atom stereocenters. The Morgan fingerprint density at radius 1 is 1.26 bits per heavy atom. The van der Waals surface area contributed by atoms with Crippen LogP contribution in [0.15, 0.2) is 42.6 Å². The second-order valence-electron chi connectivity index (χ2n) is 8.14. The van der Waals surface area contributed by atoms with Gasteiger partial charge in [0.25, 0.3) is 5.91 Å². The smallest absolute Gasteiger partial charge is 0.333 e. The number of hydrogen-bond donors (Lipinski definition) is 2. The maximum Gasteiger partial charge on any atom is 0.333 e. The molecule has 1 aliphatic rings. The van der Waals surface area contributed by atoms with Gasteiger partial charge in [-0.05, 0) is 37.3 Å². The number of aliphatic hydroxyl groups excluding tert-OH is 1. The lowest BCUT2D eigenvalue weighted by atomic mass is 9.74. The number of nitrogens with one attached hydrogen (secondary N) is 1. The Morgan fingerprint density at radius 2 is 1.94 bits per heavy atom. The number of alkyl halides is 2. The molecule has 1 saturated carbocycles. The molecule has 1 fully saturated rings. The molecule has 0 aliphatic heterocycles. The van der Waals surface area contributed by atoms with Gasteiger partial charge < -0.3 is 15.3 Å². The quantitative estimate of drug-likeness (QED) is 0.685. The zero-order valence-corrected chi connectivity index (χ0v) is 17.7. The van der Waals surface area contributed by atoms with E-state index in [2.05, 4.69) is 10.4 Å². The molecule has 7 nitrogen and oxygen atoms in total. The first-order valence-corrected chi connectivity index (χ1v) is 10.3. The minimum Gasteiger partial charge on any atom is -0.391 e. The lowest BCUT2D eigenvalue weighted by Crippen LogP contribution is -2.44. The van der Waals surface area contributed by atoms with Crippen LogP contribution < -0.4 is 5.32 Å². The third-order valence-corrected chi connectivity index (χ3v) is 6.19. The molecule has 1 aliphatic carbocycles. The van der Waals surface area contributed by atoms with Crippen LogP contribution in [0, 0.1) is 0 Å². The van der Waals surface area contributed by atoms with Crippen LogP contribution in [0.4, 0.5) is 8.78 Å². The molecule has 2 N–H and O–H groups in total. The van der Waals surface area contributed by atoms with Crippen molar-refractivity contribution in [1.82, 2.24) is 20.0 Å². The van der Waals surface area contributed by atoms with E-state index in [4.69, 9.17) is 0 Å². The monoisotopic (exact) mass is 434 g/mol. The van der Waals surface area contributed by atoms with E-state index in [0.29, 0.717) is 36.9 Å². The van der Waals surface area contributed by atoms with Gasteiger partial charge in [0.15, 0.2) is 5.69 Å². The first-order valence-electron chi connectivity index (χ1n) is 10.3. The SMILES string of the molecule is CC(=O)NC[C@]1(c2ccccc2)CC[C@@H](O)[C@H](N(C)C(=O)c2ccn(C(F)F)n2)CC1. The Balaban J connectivity index is 1.81. The van der Waals surface area contributed by atoms with Crippen LogP contribution in [0.2, 0.25) is 0 Å². The van der Waals surface area contributed by atoms with Gasteiger partial charge >= 0.3 is 6.55 Å². The van der Waals surface area contributed by atoms with E-state index in [1.807, 2.05) is 30.3 Å². The van der Waals surface area contributed by atoms with Crippen molar-refractivity contribution in [1.29, 1.82) is 0 Å². The van der Waals surface area contributed by atoms with Crippen LogP contribution in [0.3, 0.4) is 0 Å². The van der Waals surface area contributed by atoms with Crippen molar-refractivity contribution in [3.05, 3.63) is 53.9 Å². The Kier molecular flexibility index (Phi) is 7.04. The van der Waals surface area contributed by atoms with Gasteiger partial charge in [0, 0.05) is 32.1 Å². The number of aromatic nitrogens is 2. The lowest BCUT2D eigenvalue weighted by molar-refractivity contribution is -0.119.